The van der Waals surface area contributed by atoms with Crippen molar-refractivity contribution in [1.29, 1.82) is 0 Å². The molecule has 0 amide bonds. The number of nitrogens with zero attached hydrogens (tertiary/aromatic N) is 1. The number of rotatable bonds is 4. The lowest BCUT2D eigenvalue weighted by atomic mass is 9.92. The van der Waals surface area contributed by atoms with Crippen LogP contribution in [0.4, 0.5) is 0 Å². The zero-order valence-electron chi connectivity index (χ0n) is 11.4. The van der Waals surface area contributed by atoms with Gasteiger partial charge in [0.2, 0.25) is 0 Å². The monoisotopic (exact) mass is 272 g/mol. The predicted molar refractivity (Wildman–Crippen MR) is 80.5 cm³/mol. The first-order valence-corrected chi connectivity index (χ1v) is 7.93. The van der Waals surface area contributed by atoms with E-state index in [0.717, 1.165) is 13.0 Å². The molecule has 2 nitrogen and oxygen atoms in total. The van der Waals surface area contributed by atoms with Gasteiger partial charge in [0.25, 0.3) is 0 Å². The van der Waals surface area contributed by atoms with E-state index < -0.39 is 0 Å². The fraction of sp³-hybridized carbons (Fsp3) is 0.438. The maximum atomic E-state index is 4.58. The third-order valence-corrected chi connectivity index (χ3v) is 5.01. The van der Waals surface area contributed by atoms with Crippen LogP contribution in [0, 0.1) is 0 Å². The Labute approximate surface area is 118 Å². The molecule has 3 heteroatoms. The van der Waals surface area contributed by atoms with Crippen LogP contribution < -0.4 is 5.32 Å². The van der Waals surface area contributed by atoms with Gasteiger partial charge in [-0.1, -0.05) is 13.0 Å². The summed E-state index contributed by atoms with van der Waals surface area (Å²) in [5.41, 5.74) is 2.69. The third kappa shape index (κ3) is 2.88. The van der Waals surface area contributed by atoms with E-state index in [4.69, 9.17) is 0 Å². The molecular formula is C16H20N2S. The summed E-state index contributed by atoms with van der Waals surface area (Å²) in [6.07, 6.45) is 6.70. The zero-order chi connectivity index (χ0) is 13.1. The number of aryl methyl sites for hydroxylation is 2. The van der Waals surface area contributed by atoms with Gasteiger partial charge in [0.1, 0.15) is 0 Å². The van der Waals surface area contributed by atoms with Gasteiger partial charge in [0, 0.05) is 22.5 Å². The van der Waals surface area contributed by atoms with Crippen molar-refractivity contribution in [2.75, 3.05) is 0 Å². The average molecular weight is 272 g/mol. The quantitative estimate of drug-likeness (QED) is 0.914. The van der Waals surface area contributed by atoms with E-state index in [9.17, 15) is 0 Å². The molecule has 2 aromatic heterocycles. The predicted octanol–water partition coefficient (Wildman–Crippen LogP) is 3.87. The molecule has 0 fully saturated rings. The molecule has 0 radical (unpaired) electrons. The van der Waals surface area contributed by atoms with E-state index >= 15 is 0 Å². The van der Waals surface area contributed by atoms with Crippen molar-refractivity contribution in [2.45, 2.75) is 45.2 Å². The summed E-state index contributed by atoms with van der Waals surface area (Å²) in [6.45, 7) is 3.18. The number of hydrogen-bond donors (Lipinski definition) is 1. The summed E-state index contributed by atoms with van der Waals surface area (Å²) in [5.74, 6) is 0. The highest BCUT2D eigenvalue weighted by molar-refractivity contribution is 7.11. The lowest BCUT2D eigenvalue weighted by molar-refractivity contribution is 0.449. The summed E-state index contributed by atoms with van der Waals surface area (Å²) in [4.78, 5) is 7.48. The smallest absolute Gasteiger partial charge is 0.0605 e. The third-order valence-electron chi connectivity index (χ3n) is 3.78. The Morgan fingerprint density at radius 3 is 3.05 bits per heavy atom. The minimum atomic E-state index is 0.428. The molecule has 1 atom stereocenters. The first-order chi connectivity index (χ1) is 9.36. The molecule has 0 spiro atoms. The van der Waals surface area contributed by atoms with Gasteiger partial charge in [-0.3, -0.25) is 4.98 Å². The Balaban J connectivity index is 1.68. The molecule has 2 aromatic rings. The minimum Gasteiger partial charge on any atom is -0.304 e. The van der Waals surface area contributed by atoms with Gasteiger partial charge < -0.3 is 5.32 Å². The van der Waals surface area contributed by atoms with Crippen LogP contribution in [0.15, 0.2) is 30.5 Å². The Morgan fingerprint density at radius 2 is 2.21 bits per heavy atom. The van der Waals surface area contributed by atoms with E-state index in [0.29, 0.717) is 6.04 Å². The number of pyridine rings is 1. The van der Waals surface area contributed by atoms with E-state index in [1.54, 1.807) is 0 Å². The van der Waals surface area contributed by atoms with Gasteiger partial charge >= 0.3 is 0 Å². The number of nitrogens with one attached hydrogen (secondary N) is 1. The van der Waals surface area contributed by atoms with Crippen LogP contribution in [0.25, 0.3) is 0 Å². The van der Waals surface area contributed by atoms with Crippen molar-refractivity contribution in [3.05, 3.63) is 51.5 Å². The standard InChI is InChI=1S/C16H20N2S/c1-2-13-8-9-14(19-13)11-18-15-7-3-5-12-6-4-10-17-16(12)15/h4,6,8-10,15,18H,2-3,5,7,11H2,1H3. The topological polar surface area (TPSA) is 24.9 Å². The fourth-order valence-corrected chi connectivity index (χ4v) is 3.65. The Hall–Kier alpha value is -1.19. The van der Waals surface area contributed by atoms with Crippen molar-refractivity contribution in [3.8, 4) is 0 Å². The molecule has 0 bridgehead atoms. The number of fused-ring (bicyclic) bond motifs is 1. The van der Waals surface area contributed by atoms with Crippen molar-refractivity contribution < 1.29 is 0 Å². The summed E-state index contributed by atoms with van der Waals surface area (Å²) in [6, 6.07) is 9.19. The molecule has 3 rings (SSSR count). The summed E-state index contributed by atoms with van der Waals surface area (Å²) < 4.78 is 0. The molecule has 100 valence electrons. The lowest BCUT2D eigenvalue weighted by Gasteiger charge is -2.25. The minimum absolute atomic E-state index is 0.428. The number of aromatic nitrogens is 1. The molecule has 1 N–H and O–H groups in total. The second-order valence-electron chi connectivity index (χ2n) is 5.10. The first-order valence-electron chi connectivity index (χ1n) is 7.11. The highest BCUT2D eigenvalue weighted by Gasteiger charge is 2.20. The highest BCUT2D eigenvalue weighted by Crippen LogP contribution is 2.28. The second kappa shape index (κ2) is 5.85. The lowest BCUT2D eigenvalue weighted by Crippen LogP contribution is -2.25. The molecular weight excluding hydrogens is 252 g/mol. The van der Waals surface area contributed by atoms with Crippen LogP contribution in [0.3, 0.4) is 0 Å². The van der Waals surface area contributed by atoms with Gasteiger partial charge in [-0.25, -0.2) is 0 Å². The molecule has 2 heterocycles. The average Bonchev–Trinajstić information content (AvgIpc) is 2.93. The first kappa shape index (κ1) is 12.8. The van der Waals surface area contributed by atoms with Crippen molar-refractivity contribution in [1.82, 2.24) is 10.3 Å². The van der Waals surface area contributed by atoms with Gasteiger partial charge in [0.15, 0.2) is 0 Å². The molecule has 0 aromatic carbocycles. The van der Waals surface area contributed by atoms with Gasteiger partial charge in [-0.2, -0.15) is 0 Å². The Morgan fingerprint density at radius 1 is 1.32 bits per heavy atom. The molecule has 1 unspecified atom stereocenters. The SMILES string of the molecule is CCc1ccc(CNC2CCCc3cccnc32)s1. The Bertz CT molecular complexity index is 547. The van der Waals surface area contributed by atoms with Crippen LogP contribution in [0.1, 0.15) is 46.8 Å². The van der Waals surface area contributed by atoms with Crippen LogP contribution in [-0.2, 0) is 19.4 Å². The van der Waals surface area contributed by atoms with Crippen molar-refractivity contribution in [3.63, 3.8) is 0 Å². The van der Waals surface area contributed by atoms with Gasteiger partial charge in [0.05, 0.1) is 11.7 Å². The zero-order valence-corrected chi connectivity index (χ0v) is 12.2. The van der Waals surface area contributed by atoms with E-state index in [1.807, 2.05) is 23.6 Å². The van der Waals surface area contributed by atoms with E-state index in [2.05, 4.69) is 35.4 Å². The van der Waals surface area contributed by atoms with Crippen molar-refractivity contribution in [2.24, 2.45) is 0 Å². The molecule has 0 saturated heterocycles. The van der Waals surface area contributed by atoms with Gasteiger partial charge in [-0.05, 0) is 49.4 Å². The summed E-state index contributed by atoms with van der Waals surface area (Å²) >= 11 is 1.92. The number of hydrogen-bond acceptors (Lipinski definition) is 3. The van der Waals surface area contributed by atoms with E-state index in [1.165, 1.54) is 40.3 Å². The van der Waals surface area contributed by atoms with Gasteiger partial charge in [-0.15, -0.1) is 11.3 Å². The second-order valence-corrected chi connectivity index (χ2v) is 6.35. The van der Waals surface area contributed by atoms with Crippen molar-refractivity contribution >= 4 is 11.3 Å². The maximum absolute atomic E-state index is 4.58. The van der Waals surface area contributed by atoms with Crippen LogP contribution in [-0.4, -0.2) is 4.98 Å². The molecule has 0 saturated carbocycles. The molecule has 1 aliphatic carbocycles. The Kier molecular flexibility index (Phi) is 3.95. The normalized spacial score (nSPS) is 18.3. The summed E-state index contributed by atoms with van der Waals surface area (Å²) in [7, 11) is 0. The largest absolute Gasteiger partial charge is 0.304 e. The van der Waals surface area contributed by atoms with Crippen LogP contribution in [0.5, 0.6) is 0 Å². The van der Waals surface area contributed by atoms with Crippen LogP contribution in [0.2, 0.25) is 0 Å². The van der Waals surface area contributed by atoms with Crippen LogP contribution >= 0.6 is 11.3 Å². The maximum Gasteiger partial charge on any atom is 0.0605 e. The number of thiophene rings is 1. The highest BCUT2D eigenvalue weighted by atomic mass is 32.1. The summed E-state index contributed by atoms with van der Waals surface area (Å²) in [5, 5.41) is 3.68. The fourth-order valence-electron chi connectivity index (χ4n) is 2.74. The molecule has 19 heavy (non-hydrogen) atoms. The van der Waals surface area contributed by atoms with E-state index in [-0.39, 0.29) is 0 Å². The molecule has 0 aliphatic heterocycles. The molecule has 1 aliphatic rings.